The average Bonchev–Trinajstić information content (AvgIpc) is 1.63. The van der Waals surface area contributed by atoms with E-state index in [2.05, 4.69) is 6.58 Å². The summed E-state index contributed by atoms with van der Waals surface area (Å²) in [4.78, 5) is 0. The van der Waals surface area contributed by atoms with Gasteiger partial charge in [0.25, 0.3) is 0 Å². The minimum Gasteiger partial charge on any atom is -0.306 e. The summed E-state index contributed by atoms with van der Waals surface area (Å²) >= 11 is -1.64. The predicted molar refractivity (Wildman–Crippen MR) is 39.6 cm³/mol. The lowest BCUT2D eigenvalue weighted by molar-refractivity contribution is 0.544. The molecule has 0 heterocycles. The Labute approximate surface area is 58.3 Å². The molecule has 0 aliphatic rings. The van der Waals surface area contributed by atoms with Crippen LogP contribution in [-0.4, -0.2) is 14.5 Å². The molecule has 0 rings (SSSR count). The maximum Gasteiger partial charge on any atom is 0.153 e. The van der Waals surface area contributed by atoms with Crippen LogP contribution in [0.15, 0.2) is 12.7 Å². The van der Waals surface area contributed by atoms with E-state index in [9.17, 15) is 4.21 Å². The highest BCUT2D eigenvalue weighted by Gasteiger charge is 2.01. The summed E-state index contributed by atoms with van der Waals surface area (Å²) in [7, 11) is 0. The lowest BCUT2D eigenvalue weighted by atomic mass is 10.1. The molecular weight excluding hydrogens is 136 g/mol. The zero-order chi connectivity index (χ0) is 7.28. The SMILES string of the molecule is C=CCC(C)CS(=O)O. The summed E-state index contributed by atoms with van der Waals surface area (Å²) in [5.74, 6) is 0.625. The van der Waals surface area contributed by atoms with Crippen LogP contribution < -0.4 is 0 Å². The third kappa shape index (κ3) is 5.73. The molecule has 3 heteroatoms. The minimum absolute atomic E-state index is 0.272. The van der Waals surface area contributed by atoms with Crippen molar-refractivity contribution in [2.75, 3.05) is 5.75 Å². The summed E-state index contributed by atoms with van der Waals surface area (Å²) in [6.07, 6.45) is 2.57. The first-order valence-electron chi connectivity index (χ1n) is 2.85. The van der Waals surface area contributed by atoms with Crippen LogP contribution in [-0.2, 0) is 11.1 Å². The standard InChI is InChI=1S/C6H12O2S/c1-3-4-6(2)5-9(7)8/h3,6H,1,4-5H2,2H3,(H,7,8). The van der Waals surface area contributed by atoms with Crippen LogP contribution in [0.1, 0.15) is 13.3 Å². The lowest BCUT2D eigenvalue weighted by Gasteiger charge is -2.02. The Kier molecular flexibility index (Phi) is 4.62. The van der Waals surface area contributed by atoms with Gasteiger partial charge in [-0.15, -0.1) is 6.58 Å². The molecule has 2 unspecified atom stereocenters. The molecule has 9 heavy (non-hydrogen) atoms. The van der Waals surface area contributed by atoms with Gasteiger partial charge in [-0.3, -0.25) is 0 Å². The first kappa shape index (κ1) is 8.85. The van der Waals surface area contributed by atoms with Crippen LogP contribution >= 0.6 is 0 Å². The quantitative estimate of drug-likeness (QED) is 0.483. The molecule has 0 spiro atoms. The Hall–Kier alpha value is -0.150. The Morgan fingerprint density at radius 1 is 1.89 bits per heavy atom. The van der Waals surface area contributed by atoms with Crippen molar-refractivity contribution in [3.8, 4) is 0 Å². The van der Waals surface area contributed by atoms with E-state index in [4.69, 9.17) is 4.55 Å². The van der Waals surface area contributed by atoms with Crippen molar-refractivity contribution in [3.05, 3.63) is 12.7 Å². The van der Waals surface area contributed by atoms with E-state index in [1.807, 2.05) is 6.92 Å². The molecule has 0 aromatic rings. The summed E-state index contributed by atoms with van der Waals surface area (Å²) in [6.45, 7) is 5.45. The Morgan fingerprint density at radius 3 is 2.78 bits per heavy atom. The smallest absolute Gasteiger partial charge is 0.153 e. The largest absolute Gasteiger partial charge is 0.306 e. The van der Waals surface area contributed by atoms with E-state index in [-0.39, 0.29) is 5.92 Å². The van der Waals surface area contributed by atoms with Gasteiger partial charge in [0.15, 0.2) is 11.1 Å². The molecule has 0 aliphatic carbocycles. The number of hydrogen-bond donors (Lipinski definition) is 1. The Bertz CT molecular complexity index is 112. The van der Waals surface area contributed by atoms with E-state index >= 15 is 0 Å². The minimum atomic E-state index is -1.64. The zero-order valence-electron chi connectivity index (χ0n) is 5.54. The molecule has 0 aliphatic heterocycles. The van der Waals surface area contributed by atoms with Crippen LogP contribution in [0.3, 0.4) is 0 Å². The third-order valence-corrected chi connectivity index (χ3v) is 1.85. The first-order valence-corrected chi connectivity index (χ1v) is 4.12. The van der Waals surface area contributed by atoms with Crippen molar-refractivity contribution in [1.82, 2.24) is 0 Å². The Balaban J connectivity index is 3.37. The van der Waals surface area contributed by atoms with Gasteiger partial charge in [0.05, 0.1) is 5.75 Å². The molecule has 0 saturated heterocycles. The van der Waals surface area contributed by atoms with Crippen LogP contribution in [0.4, 0.5) is 0 Å². The fourth-order valence-corrected chi connectivity index (χ4v) is 1.22. The van der Waals surface area contributed by atoms with E-state index in [1.54, 1.807) is 6.08 Å². The van der Waals surface area contributed by atoms with Crippen molar-refractivity contribution in [2.45, 2.75) is 13.3 Å². The highest BCUT2D eigenvalue weighted by Crippen LogP contribution is 2.02. The predicted octanol–water partition coefficient (Wildman–Crippen LogP) is 1.42. The van der Waals surface area contributed by atoms with Crippen molar-refractivity contribution in [2.24, 2.45) is 5.92 Å². The van der Waals surface area contributed by atoms with Crippen molar-refractivity contribution in [1.29, 1.82) is 0 Å². The molecule has 0 aromatic heterocycles. The van der Waals surface area contributed by atoms with Crippen molar-refractivity contribution in [3.63, 3.8) is 0 Å². The van der Waals surface area contributed by atoms with Gasteiger partial charge < -0.3 is 4.55 Å². The van der Waals surface area contributed by atoms with Gasteiger partial charge in [-0.05, 0) is 12.3 Å². The van der Waals surface area contributed by atoms with Crippen molar-refractivity contribution < 1.29 is 8.76 Å². The van der Waals surface area contributed by atoms with Crippen LogP contribution in [0.5, 0.6) is 0 Å². The molecule has 1 N–H and O–H groups in total. The zero-order valence-corrected chi connectivity index (χ0v) is 6.36. The maximum absolute atomic E-state index is 10.2. The van der Waals surface area contributed by atoms with Gasteiger partial charge in [0, 0.05) is 0 Å². The van der Waals surface area contributed by atoms with Gasteiger partial charge in [-0.2, -0.15) is 0 Å². The maximum atomic E-state index is 10.2. The van der Waals surface area contributed by atoms with E-state index in [0.717, 1.165) is 6.42 Å². The number of allylic oxidation sites excluding steroid dienone is 1. The summed E-state index contributed by atoms with van der Waals surface area (Å²) < 4.78 is 18.5. The van der Waals surface area contributed by atoms with E-state index in [0.29, 0.717) is 5.75 Å². The molecule has 0 radical (unpaired) electrons. The third-order valence-electron chi connectivity index (χ3n) is 0.996. The van der Waals surface area contributed by atoms with Crippen LogP contribution in [0, 0.1) is 5.92 Å². The van der Waals surface area contributed by atoms with Crippen LogP contribution in [0.25, 0.3) is 0 Å². The van der Waals surface area contributed by atoms with Gasteiger partial charge >= 0.3 is 0 Å². The Morgan fingerprint density at radius 2 is 2.44 bits per heavy atom. The fourth-order valence-electron chi connectivity index (χ4n) is 0.596. The first-order chi connectivity index (χ1) is 4.16. The molecular formula is C6H12O2S. The van der Waals surface area contributed by atoms with Gasteiger partial charge in [0.1, 0.15) is 0 Å². The van der Waals surface area contributed by atoms with E-state index < -0.39 is 11.1 Å². The fraction of sp³-hybridized carbons (Fsp3) is 0.667. The van der Waals surface area contributed by atoms with Gasteiger partial charge in [-0.1, -0.05) is 13.0 Å². The van der Waals surface area contributed by atoms with Crippen LogP contribution in [0.2, 0.25) is 0 Å². The van der Waals surface area contributed by atoms with Gasteiger partial charge in [-0.25, -0.2) is 4.21 Å². The molecule has 2 nitrogen and oxygen atoms in total. The second-order valence-corrected chi connectivity index (χ2v) is 3.09. The monoisotopic (exact) mass is 148 g/mol. The highest BCUT2D eigenvalue weighted by molar-refractivity contribution is 7.79. The second-order valence-electron chi connectivity index (χ2n) is 2.12. The molecule has 0 amide bonds. The molecule has 2 atom stereocenters. The highest BCUT2D eigenvalue weighted by atomic mass is 32.2. The average molecular weight is 148 g/mol. The summed E-state index contributed by atoms with van der Waals surface area (Å²) in [5.41, 5.74) is 0. The normalized spacial score (nSPS) is 16.7. The topological polar surface area (TPSA) is 37.3 Å². The van der Waals surface area contributed by atoms with Crippen molar-refractivity contribution >= 4 is 11.1 Å². The molecule has 0 fully saturated rings. The van der Waals surface area contributed by atoms with E-state index in [1.165, 1.54) is 0 Å². The molecule has 0 aromatic carbocycles. The molecule has 54 valence electrons. The summed E-state index contributed by atoms with van der Waals surface area (Å²) in [6, 6.07) is 0. The van der Waals surface area contributed by atoms with Gasteiger partial charge in [0.2, 0.25) is 0 Å². The number of rotatable bonds is 4. The summed E-state index contributed by atoms with van der Waals surface area (Å²) in [5, 5.41) is 0. The molecule has 0 saturated carbocycles. The second kappa shape index (κ2) is 4.70. The lowest BCUT2D eigenvalue weighted by Crippen LogP contribution is -2.05. The number of hydrogen-bond acceptors (Lipinski definition) is 1. The molecule has 0 bridgehead atoms.